The highest BCUT2D eigenvalue weighted by atomic mass is 32.2. The summed E-state index contributed by atoms with van der Waals surface area (Å²) in [6.07, 6.45) is 7.72. The van der Waals surface area contributed by atoms with Gasteiger partial charge in [-0.3, -0.25) is 0 Å². The smallest absolute Gasteiger partial charge is 0.0701 e. The Morgan fingerprint density at radius 2 is 1.63 bits per heavy atom. The molecule has 1 N–H and O–H groups in total. The van der Waals surface area contributed by atoms with Crippen LogP contribution in [0, 0.1) is 0 Å². The summed E-state index contributed by atoms with van der Waals surface area (Å²) < 4.78 is 16.2. The van der Waals surface area contributed by atoms with Gasteiger partial charge in [0.25, 0.3) is 0 Å². The van der Waals surface area contributed by atoms with Crippen LogP contribution in [0.5, 0.6) is 0 Å². The zero-order valence-electron chi connectivity index (χ0n) is 12.4. The molecule has 0 aliphatic heterocycles. The van der Waals surface area contributed by atoms with E-state index in [4.69, 9.17) is 14.2 Å². The van der Waals surface area contributed by atoms with Gasteiger partial charge in [-0.15, -0.1) is 0 Å². The van der Waals surface area contributed by atoms with Crippen LogP contribution in [0.25, 0.3) is 0 Å². The summed E-state index contributed by atoms with van der Waals surface area (Å²) in [7, 11) is 1.68. The van der Waals surface area contributed by atoms with Gasteiger partial charge in [-0.05, 0) is 19.1 Å². The van der Waals surface area contributed by atoms with Gasteiger partial charge < -0.3 is 19.5 Å². The summed E-state index contributed by atoms with van der Waals surface area (Å²) in [6.45, 7) is 5.42. The normalized spacial score (nSPS) is 18.0. The number of rotatable bonds is 12. The van der Waals surface area contributed by atoms with E-state index < -0.39 is 0 Å². The van der Waals surface area contributed by atoms with E-state index in [9.17, 15) is 0 Å². The van der Waals surface area contributed by atoms with Crippen LogP contribution in [0.15, 0.2) is 0 Å². The van der Waals surface area contributed by atoms with Crippen molar-refractivity contribution in [3.8, 4) is 0 Å². The maximum atomic E-state index is 5.51. The molecule has 4 nitrogen and oxygen atoms in total. The van der Waals surface area contributed by atoms with Crippen molar-refractivity contribution < 1.29 is 14.2 Å². The number of methoxy groups -OCH3 is 1. The Morgan fingerprint density at radius 1 is 1.00 bits per heavy atom. The van der Waals surface area contributed by atoms with Crippen LogP contribution < -0.4 is 5.32 Å². The van der Waals surface area contributed by atoms with Crippen LogP contribution in [0.1, 0.15) is 25.7 Å². The van der Waals surface area contributed by atoms with Gasteiger partial charge >= 0.3 is 0 Å². The molecule has 0 amide bonds. The van der Waals surface area contributed by atoms with E-state index in [1.807, 2.05) is 11.8 Å². The van der Waals surface area contributed by atoms with Gasteiger partial charge in [0.05, 0.1) is 33.0 Å². The molecule has 0 spiro atoms. The predicted molar refractivity (Wildman–Crippen MR) is 81.1 cm³/mol. The minimum atomic E-state index is 0.489. The molecule has 1 aliphatic carbocycles. The van der Waals surface area contributed by atoms with Crippen LogP contribution in [0.4, 0.5) is 0 Å². The fraction of sp³-hybridized carbons (Fsp3) is 1.00. The molecular formula is C14H29NO3S. The Bertz CT molecular complexity index is 211. The third-order valence-corrected chi connectivity index (χ3v) is 5.04. The van der Waals surface area contributed by atoms with Gasteiger partial charge in [-0.25, -0.2) is 0 Å². The average molecular weight is 291 g/mol. The van der Waals surface area contributed by atoms with E-state index in [1.54, 1.807) is 7.11 Å². The van der Waals surface area contributed by atoms with E-state index >= 15 is 0 Å². The molecule has 1 fully saturated rings. The molecule has 0 heterocycles. The molecule has 0 radical (unpaired) electrons. The zero-order valence-corrected chi connectivity index (χ0v) is 13.2. The average Bonchev–Trinajstić information content (AvgIpc) is 2.90. The van der Waals surface area contributed by atoms with E-state index in [0.717, 1.165) is 19.7 Å². The highest BCUT2D eigenvalue weighted by molar-refractivity contribution is 8.00. The second kappa shape index (κ2) is 10.9. The van der Waals surface area contributed by atoms with Crippen LogP contribution in [0.2, 0.25) is 0 Å². The first-order valence-corrected chi connectivity index (χ1v) is 8.46. The monoisotopic (exact) mass is 291 g/mol. The lowest BCUT2D eigenvalue weighted by molar-refractivity contribution is 0.0255. The molecule has 0 aromatic heterocycles. The maximum Gasteiger partial charge on any atom is 0.0701 e. The lowest BCUT2D eigenvalue weighted by Gasteiger charge is -2.27. The molecule has 0 aromatic carbocycles. The van der Waals surface area contributed by atoms with Gasteiger partial charge in [-0.1, -0.05) is 12.8 Å². The Kier molecular flexibility index (Phi) is 9.91. The van der Waals surface area contributed by atoms with Crippen LogP contribution in [-0.2, 0) is 14.2 Å². The van der Waals surface area contributed by atoms with Gasteiger partial charge in [-0.2, -0.15) is 11.8 Å². The van der Waals surface area contributed by atoms with Gasteiger partial charge in [0.15, 0.2) is 0 Å². The van der Waals surface area contributed by atoms with E-state index in [0.29, 0.717) is 31.2 Å². The number of thioether (sulfide) groups is 1. The summed E-state index contributed by atoms with van der Waals surface area (Å²) in [4.78, 5) is 0. The Labute approximate surface area is 121 Å². The Morgan fingerprint density at radius 3 is 2.26 bits per heavy atom. The number of nitrogens with one attached hydrogen (secondary N) is 1. The van der Waals surface area contributed by atoms with Crippen molar-refractivity contribution >= 4 is 11.8 Å². The first-order chi connectivity index (χ1) is 9.33. The van der Waals surface area contributed by atoms with E-state index in [1.165, 1.54) is 25.7 Å². The second-order valence-electron chi connectivity index (χ2n) is 4.99. The molecule has 0 atom stereocenters. The molecule has 5 heteroatoms. The molecule has 1 rings (SSSR count). The quantitative estimate of drug-likeness (QED) is 0.556. The van der Waals surface area contributed by atoms with Crippen molar-refractivity contribution in [3.05, 3.63) is 0 Å². The van der Waals surface area contributed by atoms with Crippen LogP contribution in [-0.4, -0.2) is 64.2 Å². The highest BCUT2D eigenvalue weighted by Gasteiger charge is 2.32. The first kappa shape index (κ1) is 17.2. The Hall–Kier alpha value is 0.190. The molecule has 114 valence electrons. The fourth-order valence-electron chi connectivity index (χ4n) is 2.40. The minimum Gasteiger partial charge on any atom is -0.382 e. The number of ether oxygens (including phenoxy) is 3. The molecule has 0 bridgehead atoms. The number of hydrogen-bond acceptors (Lipinski definition) is 5. The van der Waals surface area contributed by atoms with Crippen molar-refractivity contribution in [2.45, 2.75) is 30.4 Å². The number of hydrogen-bond donors (Lipinski definition) is 1. The second-order valence-corrected chi connectivity index (χ2v) is 6.26. The Balaban J connectivity index is 1.85. The van der Waals surface area contributed by atoms with Crippen molar-refractivity contribution in [2.24, 2.45) is 0 Å². The molecule has 0 unspecified atom stereocenters. The molecule has 1 saturated carbocycles. The summed E-state index contributed by atoms with van der Waals surface area (Å²) in [6, 6.07) is 0. The largest absolute Gasteiger partial charge is 0.382 e. The van der Waals surface area contributed by atoms with E-state index in [-0.39, 0.29) is 0 Å². The minimum absolute atomic E-state index is 0.489. The van der Waals surface area contributed by atoms with Gasteiger partial charge in [0, 0.05) is 24.9 Å². The lowest BCUT2D eigenvalue weighted by Crippen LogP contribution is -2.36. The van der Waals surface area contributed by atoms with Crippen LogP contribution >= 0.6 is 11.8 Å². The summed E-state index contributed by atoms with van der Waals surface area (Å²) in [5, 5.41) is 3.52. The maximum absolute atomic E-state index is 5.51. The van der Waals surface area contributed by atoms with Crippen molar-refractivity contribution in [2.75, 3.05) is 59.5 Å². The highest BCUT2D eigenvalue weighted by Crippen LogP contribution is 2.39. The summed E-state index contributed by atoms with van der Waals surface area (Å²) in [5.74, 6) is 0. The van der Waals surface area contributed by atoms with E-state index in [2.05, 4.69) is 11.6 Å². The molecule has 19 heavy (non-hydrogen) atoms. The standard InChI is InChI=1S/C14H29NO3S/c1-16-9-10-18-12-11-17-8-7-15-13-14(19-2)5-3-4-6-14/h15H,3-13H2,1-2H3. The molecule has 1 aliphatic rings. The summed E-state index contributed by atoms with van der Waals surface area (Å²) >= 11 is 2.02. The van der Waals surface area contributed by atoms with Crippen molar-refractivity contribution in [1.29, 1.82) is 0 Å². The van der Waals surface area contributed by atoms with Crippen molar-refractivity contribution in [3.63, 3.8) is 0 Å². The third kappa shape index (κ3) is 7.51. The van der Waals surface area contributed by atoms with Crippen molar-refractivity contribution in [1.82, 2.24) is 5.32 Å². The molecule has 0 saturated heterocycles. The summed E-state index contributed by atoms with van der Waals surface area (Å²) in [5.41, 5.74) is 0. The molecule has 0 aromatic rings. The van der Waals surface area contributed by atoms with Gasteiger partial charge in [0.2, 0.25) is 0 Å². The SMILES string of the molecule is COCCOCCOCCNCC1(SC)CCCC1. The zero-order chi connectivity index (χ0) is 13.8. The molecular weight excluding hydrogens is 262 g/mol. The first-order valence-electron chi connectivity index (χ1n) is 7.23. The fourth-order valence-corrected chi connectivity index (χ4v) is 3.34. The van der Waals surface area contributed by atoms with Crippen LogP contribution in [0.3, 0.4) is 0 Å². The topological polar surface area (TPSA) is 39.7 Å². The predicted octanol–water partition coefficient (Wildman–Crippen LogP) is 1.93. The lowest BCUT2D eigenvalue weighted by atomic mass is 10.1. The third-order valence-electron chi connectivity index (χ3n) is 3.62. The van der Waals surface area contributed by atoms with Gasteiger partial charge in [0.1, 0.15) is 0 Å².